The molecule has 2 aliphatic rings. The van der Waals surface area contributed by atoms with Crippen LogP contribution in [-0.4, -0.2) is 11.8 Å². The van der Waals surface area contributed by atoms with Crippen molar-refractivity contribution in [2.45, 2.75) is 59.3 Å². The van der Waals surface area contributed by atoms with Crippen molar-refractivity contribution in [3.05, 3.63) is 0 Å². The van der Waals surface area contributed by atoms with E-state index in [1.807, 2.05) is 0 Å². The molecule has 0 aromatic heterocycles. The number of carbonyl (C=O) groups is 2. The predicted octanol–water partition coefficient (Wildman–Crippen LogP) is 2.89. The fourth-order valence-electron chi connectivity index (χ4n) is 3.98. The molecule has 1 saturated heterocycles. The van der Waals surface area contributed by atoms with Crippen LogP contribution < -0.4 is 5.32 Å². The molecule has 3 unspecified atom stereocenters. The molecule has 2 amide bonds. The lowest BCUT2D eigenvalue weighted by atomic mass is 9.55. The van der Waals surface area contributed by atoms with Gasteiger partial charge in [-0.2, -0.15) is 0 Å². The monoisotopic (exact) mass is 251 g/mol. The normalized spacial score (nSPS) is 37.1. The number of rotatable bonds is 2. The van der Waals surface area contributed by atoms with Gasteiger partial charge < -0.3 is 0 Å². The van der Waals surface area contributed by atoms with Crippen LogP contribution in [0.3, 0.4) is 0 Å². The summed E-state index contributed by atoms with van der Waals surface area (Å²) in [4.78, 5) is 24.0. The van der Waals surface area contributed by atoms with Gasteiger partial charge in [0.15, 0.2) is 0 Å². The topological polar surface area (TPSA) is 46.2 Å². The maximum absolute atomic E-state index is 12.2. The number of imide groups is 1. The van der Waals surface area contributed by atoms with Gasteiger partial charge in [0.05, 0.1) is 0 Å². The van der Waals surface area contributed by atoms with Crippen LogP contribution in [0.4, 0.5) is 0 Å². The van der Waals surface area contributed by atoms with E-state index in [2.05, 4.69) is 26.1 Å². The highest BCUT2D eigenvalue weighted by atomic mass is 16.2. The van der Waals surface area contributed by atoms with Crippen molar-refractivity contribution >= 4 is 11.8 Å². The summed E-state index contributed by atoms with van der Waals surface area (Å²) in [5.74, 6) is 0.943. The number of nitrogens with one attached hydrogen (secondary N) is 1. The van der Waals surface area contributed by atoms with Crippen molar-refractivity contribution in [3.8, 4) is 0 Å². The van der Waals surface area contributed by atoms with E-state index in [4.69, 9.17) is 0 Å². The largest absolute Gasteiger partial charge is 0.296 e. The molecule has 1 N–H and O–H groups in total. The Bertz CT molecular complexity index is 350. The van der Waals surface area contributed by atoms with E-state index in [1.165, 1.54) is 12.8 Å². The van der Waals surface area contributed by atoms with Gasteiger partial charge in [-0.3, -0.25) is 14.9 Å². The number of piperidine rings is 1. The molecule has 18 heavy (non-hydrogen) atoms. The summed E-state index contributed by atoms with van der Waals surface area (Å²) < 4.78 is 0. The van der Waals surface area contributed by atoms with Crippen molar-refractivity contribution in [1.29, 1.82) is 0 Å². The third-order valence-electron chi connectivity index (χ3n) is 4.98. The zero-order chi connectivity index (χ0) is 13.3. The number of amides is 2. The highest BCUT2D eigenvalue weighted by Gasteiger charge is 2.51. The third kappa shape index (κ3) is 2.32. The van der Waals surface area contributed by atoms with Gasteiger partial charge in [-0.15, -0.1) is 0 Å². The molecule has 1 aliphatic heterocycles. The Morgan fingerprint density at radius 3 is 2.67 bits per heavy atom. The molecule has 0 aromatic carbocycles. The average Bonchev–Trinajstić information content (AvgIpc) is 2.27. The molecule has 1 aliphatic carbocycles. The van der Waals surface area contributed by atoms with Gasteiger partial charge in [-0.25, -0.2) is 0 Å². The summed E-state index contributed by atoms with van der Waals surface area (Å²) in [6.45, 7) is 6.55. The van der Waals surface area contributed by atoms with Crippen LogP contribution in [-0.2, 0) is 9.59 Å². The molecule has 3 heteroatoms. The van der Waals surface area contributed by atoms with Crippen LogP contribution in [0.25, 0.3) is 0 Å². The molecular formula is C15H25NO2. The lowest BCUT2D eigenvalue weighted by Crippen LogP contribution is -2.55. The first kappa shape index (κ1) is 13.6. The van der Waals surface area contributed by atoms with Gasteiger partial charge in [0.2, 0.25) is 11.8 Å². The second-order valence-electron chi connectivity index (χ2n) is 6.65. The van der Waals surface area contributed by atoms with Crippen molar-refractivity contribution in [2.75, 3.05) is 0 Å². The highest BCUT2D eigenvalue weighted by Crippen LogP contribution is 2.52. The Morgan fingerprint density at radius 1 is 1.33 bits per heavy atom. The zero-order valence-electron chi connectivity index (χ0n) is 11.8. The van der Waals surface area contributed by atoms with Gasteiger partial charge in [0.25, 0.3) is 0 Å². The van der Waals surface area contributed by atoms with E-state index in [9.17, 15) is 9.59 Å². The summed E-state index contributed by atoms with van der Waals surface area (Å²) >= 11 is 0. The molecule has 1 spiro atoms. The minimum Gasteiger partial charge on any atom is -0.296 e. The molecule has 2 fully saturated rings. The van der Waals surface area contributed by atoms with Gasteiger partial charge in [0, 0.05) is 12.3 Å². The second kappa shape index (κ2) is 5.02. The Morgan fingerprint density at radius 2 is 2.06 bits per heavy atom. The Hall–Kier alpha value is -0.860. The molecule has 1 saturated carbocycles. The van der Waals surface area contributed by atoms with Crippen molar-refractivity contribution in [1.82, 2.24) is 5.32 Å². The van der Waals surface area contributed by atoms with E-state index in [0.29, 0.717) is 18.3 Å². The summed E-state index contributed by atoms with van der Waals surface area (Å²) in [5, 5.41) is 2.55. The number of hydrogen-bond donors (Lipinski definition) is 1. The molecule has 0 radical (unpaired) electrons. The fraction of sp³-hybridized carbons (Fsp3) is 0.867. The quantitative estimate of drug-likeness (QED) is 0.767. The standard InChI is InChI=1S/C15H25NO2/c1-10(2)8-12-14(18)16-13(17)9-15(12)7-5-4-6-11(15)3/h10-12H,4-9H2,1-3H3,(H,16,17,18). The van der Waals surface area contributed by atoms with Gasteiger partial charge in [0.1, 0.15) is 0 Å². The Labute approximate surface area is 110 Å². The maximum Gasteiger partial charge on any atom is 0.230 e. The SMILES string of the molecule is CC(C)CC1C(=O)NC(=O)CC12CCCCC2C. The first-order chi connectivity index (χ1) is 8.45. The van der Waals surface area contributed by atoms with E-state index in [1.54, 1.807) is 0 Å². The van der Waals surface area contributed by atoms with Crippen LogP contribution in [0.5, 0.6) is 0 Å². The fourth-order valence-corrected chi connectivity index (χ4v) is 3.98. The molecular weight excluding hydrogens is 226 g/mol. The summed E-state index contributed by atoms with van der Waals surface area (Å²) in [5.41, 5.74) is -0.0536. The molecule has 3 nitrogen and oxygen atoms in total. The minimum absolute atomic E-state index is 0.0197. The van der Waals surface area contributed by atoms with E-state index >= 15 is 0 Å². The van der Waals surface area contributed by atoms with Gasteiger partial charge in [-0.1, -0.05) is 40.0 Å². The lowest BCUT2D eigenvalue weighted by molar-refractivity contribution is -0.149. The first-order valence-corrected chi connectivity index (χ1v) is 7.29. The average molecular weight is 251 g/mol. The van der Waals surface area contributed by atoms with Gasteiger partial charge in [-0.05, 0) is 30.1 Å². The summed E-state index contributed by atoms with van der Waals surface area (Å²) in [6.07, 6.45) is 6.08. The van der Waals surface area contributed by atoms with Gasteiger partial charge >= 0.3 is 0 Å². The van der Waals surface area contributed by atoms with E-state index in [-0.39, 0.29) is 23.1 Å². The Balaban J connectivity index is 2.30. The number of carbonyl (C=O) groups excluding carboxylic acids is 2. The van der Waals surface area contributed by atoms with Crippen molar-refractivity contribution < 1.29 is 9.59 Å². The predicted molar refractivity (Wildman–Crippen MR) is 70.8 cm³/mol. The lowest BCUT2D eigenvalue weighted by Gasteiger charge is -2.50. The van der Waals surface area contributed by atoms with Crippen LogP contribution in [0.2, 0.25) is 0 Å². The maximum atomic E-state index is 12.2. The van der Waals surface area contributed by atoms with Crippen LogP contribution in [0, 0.1) is 23.2 Å². The number of hydrogen-bond acceptors (Lipinski definition) is 2. The third-order valence-corrected chi connectivity index (χ3v) is 4.98. The minimum atomic E-state index is -0.0613. The smallest absolute Gasteiger partial charge is 0.230 e. The van der Waals surface area contributed by atoms with Crippen molar-refractivity contribution in [2.24, 2.45) is 23.2 Å². The first-order valence-electron chi connectivity index (χ1n) is 7.29. The summed E-state index contributed by atoms with van der Waals surface area (Å²) in [7, 11) is 0. The van der Waals surface area contributed by atoms with E-state index < -0.39 is 0 Å². The molecule has 0 aromatic rings. The zero-order valence-corrected chi connectivity index (χ0v) is 11.8. The Kier molecular flexibility index (Phi) is 3.79. The van der Waals surface area contributed by atoms with Crippen molar-refractivity contribution in [3.63, 3.8) is 0 Å². The summed E-state index contributed by atoms with van der Waals surface area (Å²) in [6, 6.07) is 0. The second-order valence-corrected chi connectivity index (χ2v) is 6.65. The molecule has 3 atom stereocenters. The van der Waals surface area contributed by atoms with E-state index in [0.717, 1.165) is 19.3 Å². The molecule has 102 valence electrons. The van der Waals surface area contributed by atoms with Crippen LogP contribution in [0.1, 0.15) is 59.3 Å². The molecule has 1 heterocycles. The molecule has 0 bridgehead atoms. The highest BCUT2D eigenvalue weighted by molar-refractivity contribution is 5.99. The van der Waals surface area contributed by atoms with Crippen LogP contribution >= 0.6 is 0 Å². The van der Waals surface area contributed by atoms with Crippen LogP contribution in [0.15, 0.2) is 0 Å². The molecule has 2 rings (SSSR count).